The predicted octanol–water partition coefficient (Wildman–Crippen LogP) is 1.95. The Hall–Kier alpha value is -0.650. The van der Waals surface area contributed by atoms with E-state index in [-0.39, 0.29) is 5.91 Å². The van der Waals surface area contributed by atoms with E-state index in [1.807, 2.05) is 13.0 Å². The number of hydrogen-bond acceptors (Lipinski definition) is 2. The molecule has 0 fully saturated rings. The van der Waals surface area contributed by atoms with E-state index in [4.69, 9.17) is 0 Å². The molecular formula is C8H9IN2O. The average Bonchev–Trinajstić information content (AvgIpc) is 1.96. The van der Waals surface area contributed by atoms with Gasteiger partial charge in [0.05, 0.1) is 0 Å². The van der Waals surface area contributed by atoms with Crippen LogP contribution in [0.15, 0.2) is 12.3 Å². The van der Waals surface area contributed by atoms with E-state index in [1.54, 1.807) is 6.20 Å². The number of amides is 1. The third-order valence-corrected chi connectivity index (χ3v) is 2.50. The highest BCUT2D eigenvalue weighted by atomic mass is 127. The number of nitrogens with zero attached hydrogens (tertiary/aromatic N) is 1. The second-order valence-corrected chi connectivity index (χ2v) is 3.66. The molecule has 0 radical (unpaired) electrons. The fraction of sp³-hybridized carbons (Fsp3) is 0.250. The molecule has 0 aliphatic rings. The van der Waals surface area contributed by atoms with Crippen LogP contribution in [0.4, 0.5) is 5.82 Å². The Morgan fingerprint density at radius 2 is 2.33 bits per heavy atom. The van der Waals surface area contributed by atoms with Crippen LogP contribution in [0.3, 0.4) is 0 Å². The number of aromatic nitrogens is 1. The standard InChI is InChI=1S/C8H9IN2O/c1-5-4-10-8(3-7(5)9)11-6(2)12/h3-4H,1-2H3,(H,10,11,12). The fourth-order valence-corrected chi connectivity index (χ4v) is 1.18. The average molecular weight is 276 g/mol. The fourth-order valence-electron chi connectivity index (χ4n) is 0.748. The van der Waals surface area contributed by atoms with E-state index < -0.39 is 0 Å². The van der Waals surface area contributed by atoms with Crippen molar-refractivity contribution in [3.05, 3.63) is 21.4 Å². The Kier molecular flexibility index (Phi) is 3.02. The lowest BCUT2D eigenvalue weighted by molar-refractivity contribution is -0.114. The van der Waals surface area contributed by atoms with Crippen molar-refractivity contribution in [3.8, 4) is 0 Å². The maximum Gasteiger partial charge on any atom is 0.222 e. The highest BCUT2D eigenvalue weighted by molar-refractivity contribution is 14.1. The van der Waals surface area contributed by atoms with Crippen LogP contribution in [-0.2, 0) is 4.79 Å². The van der Waals surface area contributed by atoms with Crippen LogP contribution in [-0.4, -0.2) is 10.9 Å². The van der Waals surface area contributed by atoms with E-state index in [0.29, 0.717) is 5.82 Å². The summed E-state index contributed by atoms with van der Waals surface area (Å²) in [4.78, 5) is 14.7. The third kappa shape index (κ3) is 2.44. The first-order chi connectivity index (χ1) is 5.59. The van der Waals surface area contributed by atoms with Crippen molar-refractivity contribution in [3.63, 3.8) is 0 Å². The number of carbonyl (C=O) groups is 1. The molecule has 1 heterocycles. The first kappa shape index (κ1) is 9.44. The second-order valence-electron chi connectivity index (χ2n) is 2.50. The molecule has 12 heavy (non-hydrogen) atoms. The molecule has 3 nitrogen and oxygen atoms in total. The summed E-state index contributed by atoms with van der Waals surface area (Å²) in [5.74, 6) is 0.514. The van der Waals surface area contributed by atoms with Crippen LogP contribution in [0, 0.1) is 10.5 Å². The van der Waals surface area contributed by atoms with Crippen molar-refractivity contribution in [2.75, 3.05) is 5.32 Å². The molecule has 0 bridgehead atoms. The van der Waals surface area contributed by atoms with Gasteiger partial charge in [0.2, 0.25) is 5.91 Å². The van der Waals surface area contributed by atoms with Crippen LogP contribution >= 0.6 is 22.6 Å². The number of nitrogens with one attached hydrogen (secondary N) is 1. The second kappa shape index (κ2) is 3.84. The highest BCUT2D eigenvalue weighted by Gasteiger charge is 1.99. The maximum atomic E-state index is 10.7. The molecule has 0 atom stereocenters. The first-order valence-electron chi connectivity index (χ1n) is 3.49. The summed E-state index contributed by atoms with van der Waals surface area (Å²) in [6.45, 7) is 3.45. The number of halogens is 1. The van der Waals surface area contributed by atoms with Gasteiger partial charge in [-0.1, -0.05) is 0 Å². The summed E-state index contributed by atoms with van der Waals surface area (Å²) in [5.41, 5.74) is 1.12. The van der Waals surface area contributed by atoms with Gasteiger partial charge in [-0.25, -0.2) is 4.98 Å². The van der Waals surface area contributed by atoms with Gasteiger partial charge in [0.1, 0.15) is 5.82 Å². The van der Waals surface area contributed by atoms with E-state index >= 15 is 0 Å². The zero-order valence-electron chi connectivity index (χ0n) is 6.89. The highest BCUT2D eigenvalue weighted by Crippen LogP contribution is 2.13. The van der Waals surface area contributed by atoms with Crippen LogP contribution in [0.1, 0.15) is 12.5 Å². The molecule has 0 aromatic carbocycles. The summed E-state index contributed by atoms with van der Waals surface area (Å²) >= 11 is 2.21. The minimum absolute atomic E-state index is 0.0952. The minimum Gasteiger partial charge on any atom is -0.311 e. The minimum atomic E-state index is -0.0952. The van der Waals surface area contributed by atoms with Gasteiger partial charge in [0, 0.05) is 16.7 Å². The molecule has 0 spiro atoms. The Bertz CT molecular complexity index is 312. The number of carbonyl (C=O) groups excluding carboxylic acids is 1. The Morgan fingerprint density at radius 1 is 1.67 bits per heavy atom. The zero-order valence-corrected chi connectivity index (χ0v) is 9.05. The monoisotopic (exact) mass is 276 g/mol. The van der Waals surface area contributed by atoms with Gasteiger partial charge in [-0.2, -0.15) is 0 Å². The molecule has 1 rings (SSSR count). The molecule has 1 aromatic heterocycles. The number of pyridine rings is 1. The van der Waals surface area contributed by atoms with Crippen LogP contribution < -0.4 is 5.32 Å². The maximum absolute atomic E-state index is 10.7. The number of rotatable bonds is 1. The lowest BCUT2D eigenvalue weighted by Crippen LogP contribution is -2.07. The molecule has 0 aliphatic carbocycles. The summed E-state index contributed by atoms with van der Waals surface area (Å²) in [5, 5.41) is 2.62. The van der Waals surface area contributed by atoms with Crippen LogP contribution in [0.2, 0.25) is 0 Å². The molecule has 1 amide bonds. The first-order valence-corrected chi connectivity index (χ1v) is 4.57. The van der Waals surface area contributed by atoms with Gasteiger partial charge in [-0.15, -0.1) is 0 Å². The summed E-state index contributed by atoms with van der Waals surface area (Å²) in [6, 6.07) is 1.84. The van der Waals surface area contributed by atoms with E-state index in [0.717, 1.165) is 9.13 Å². The van der Waals surface area contributed by atoms with Gasteiger partial charge < -0.3 is 5.32 Å². The lowest BCUT2D eigenvalue weighted by atomic mass is 10.3. The topological polar surface area (TPSA) is 42.0 Å². The van der Waals surface area contributed by atoms with Crippen molar-refractivity contribution in [1.82, 2.24) is 4.98 Å². The normalized spacial score (nSPS) is 9.58. The Balaban J connectivity index is 2.89. The van der Waals surface area contributed by atoms with E-state index in [9.17, 15) is 4.79 Å². The molecule has 0 saturated carbocycles. The molecule has 1 aromatic rings. The van der Waals surface area contributed by atoms with Gasteiger partial charge in [-0.05, 0) is 41.1 Å². The van der Waals surface area contributed by atoms with E-state index in [2.05, 4.69) is 32.9 Å². The number of anilines is 1. The predicted molar refractivity (Wildman–Crippen MR) is 56.0 cm³/mol. The lowest BCUT2D eigenvalue weighted by Gasteiger charge is -2.02. The Labute approximate surface area is 84.7 Å². The quantitative estimate of drug-likeness (QED) is 0.796. The number of aryl methyl sites for hydroxylation is 1. The number of hydrogen-bond donors (Lipinski definition) is 1. The molecular weight excluding hydrogens is 267 g/mol. The molecule has 0 unspecified atom stereocenters. The van der Waals surface area contributed by atoms with Crippen molar-refractivity contribution < 1.29 is 4.79 Å². The van der Waals surface area contributed by atoms with Gasteiger partial charge in [0.15, 0.2) is 0 Å². The zero-order chi connectivity index (χ0) is 9.14. The smallest absolute Gasteiger partial charge is 0.222 e. The molecule has 0 saturated heterocycles. The SMILES string of the molecule is CC(=O)Nc1cc(I)c(C)cn1. The van der Waals surface area contributed by atoms with Crippen molar-refractivity contribution >= 4 is 34.3 Å². The van der Waals surface area contributed by atoms with Crippen molar-refractivity contribution in [2.24, 2.45) is 0 Å². The summed E-state index contributed by atoms with van der Waals surface area (Å²) in [6.07, 6.45) is 1.74. The third-order valence-electron chi connectivity index (χ3n) is 1.34. The van der Waals surface area contributed by atoms with Gasteiger partial charge >= 0.3 is 0 Å². The molecule has 4 heteroatoms. The molecule has 64 valence electrons. The van der Waals surface area contributed by atoms with Crippen LogP contribution in [0.25, 0.3) is 0 Å². The van der Waals surface area contributed by atoms with Gasteiger partial charge in [-0.3, -0.25) is 4.79 Å². The summed E-state index contributed by atoms with van der Waals surface area (Å²) < 4.78 is 1.10. The largest absolute Gasteiger partial charge is 0.311 e. The summed E-state index contributed by atoms with van der Waals surface area (Å²) in [7, 11) is 0. The Morgan fingerprint density at radius 3 is 2.83 bits per heavy atom. The van der Waals surface area contributed by atoms with E-state index in [1.165, 1.54) is 6.92 Å². The molecule has 1 N–H and O–H groups in total. The molecule has 0 aliphatic heterocycles. The van der Waals surface area contributed by atoms with Crippen molar-refractivity contribution in [1.29, 1.82) is 0 Å². The van der Waals surface area contributed by atoms with Gasteiger partial charge in [0.25, 0.3) is 0 Å². The van der Waals surface area contributed by atoms with Crippen molar-refractivity contribution in [2.45, 2.75) is 13.8 Å². The van der Waals surface area contributed by atoms with Crippen LogP contribution in [0.5, 0.6) is 0 Å².